The Bertz CT molecular complexity index is 637. The first-order valence-electron chi connectivity index (χ1n) is 7.02. The van der Waals surface area contributed by atoms with Crippen LogP contribution < -0.4 is 0 Å². The maximum atomic E-state index is 4.93. The second-order valence-corrected chi connectivity index (χ2v) is 8.32. The van der Waals surface area contributed by atoms with Gasteiger partial charge in [0, 0.05) is 0 Å². The molecule has 0 aliphatic heterocycles. The van der Waals surface area contributed by atoms with Crippen LogP contribution in [0.4, 0.5) is 0 Å². The van der Waals surface area contributed by atoms with Gasteiger partial charge in [0.2, 0.25) is 0 Å². The van der Waals surface area contributed by atoms with Gasteiger partial charge >= 0.3 is 37.9 Å². The van der Waals surface area contributed by atoms with Crippen LogP contribution in [0.2, 0.25) is 0 Å². The normalized spacial score (nSPS) is 9.13. The minimum Gasteiger partial charge on any atom is -0.168 e. The molecule has 0 fully saturated rings. The number of fused-ring (bicyclic) bond motifs is 2. The summed E-state index contributed by atoms with van der Waals surface area (Å²) in [5.41, 5.74) is 4.88. The first-order chi connectivity index (χ1) is 11.3. The van der Waals surface area contributed by atoms with Gasteiger partial charge in [-0.25, -0.2) is 0 Å². The molecular weight excluding hydrogens is 402 g/mol. The zero-order valence-electron chi connectivity index (χ0n) is 12.3. The van der Waals surface area contributed by atoms with Gasteiger partial charge in [-0.1, -0.05) is 24.3 Å². The maximum absolute atomic E-state index is 4.93. The zero-order valence-corrected chi connectivity index (χ0v) is 16.3. The minimum atomic E-state index is -0.826. The van der Waals surface area contributed by atoms with Crippen LogP contribution in [-0.4, -0.2) is 0 Å². The van der Waals surface area contributed by atoms with E-state index in [9.17, 15) is 0 Å². The van der Waals surface area contributed by atoms with Crippen LogP contribution in [0.5, 0.6) is 0 Å². The van der Waals surface area contributed by atoms with E-state index in [0.717, 1.165) is 0 Å². The Morgan fingerprint density at radius 1 is 0.565 bits per heavy atom. The second kappa shape index (κ2) is 10.6. The predicted molar refractivity (Wildman–Crippen MR) is 95.5 cm³/mol. The Labute approximate surface area is 156 Å². The molecule has 0 spiro atoms. The summed E-state index contributed by atoms with van der Waals surface area (Å²) >= 11 is -0.826. The van der Waals surface area contributed by atoms with Crippen LogP contribution in [0.3, 0.4) is 0 Å². The molecule has 3 heteroatoms. The van der Waals surface area contributed by atoms with Crippen LogP contribution >= 0.6 is 17.0 Å². The van der Waals surface area contributed by atoms with E-state index in [1.165, 1.54) is 22.3 Å². The van der Waals surface area contributed by atoms with Gasteiger partial charge in [-0.2, -0.15) is 35.4 Å². The summed E-state index contributed by atoms with van der Waals surface area (Å²) in [6.45, 7) is 0. The number of halogens is 2. The van der Waals surface area contributed by atoms with E-state index in [4.69, 9.17) is 17.0 Å². The van der Waals surface area contributed by atoms with Crippen molar-refractivity contribution in [3.63, 3.8) is 0 Å². The predicted octanol–water partition coefficient (Wildman–Crippen LogP) is 6.56. The van der Waals surface area contributed by atoms with E-state index in [0.29, 0.717) is 0 Å². The standard InChI is InChI=1S/2C10H7.2ClH.Zr/c2*1-2-5-9-7-4-8-10(9)6-3-1;;;/h2*1-7H;2*1H;/q2*-1;;;+4/p-2. The molecule has 0 atom stereocenters. The smallest absolute Gasteiger partial charge is 0.0723 e. The molecule has 0 heterocycles. The van der Waals surface area contributed by atoms with Crippen molar-refractivity contribution < 1.29 is 20.8 Å². The van der Waals surface area contributed by atoms with Gasteiger partial charge in [0.05, 0.1) is 0 Å². The molecule has 0 aromatic carbocycles. The number of hydrogen-bond acceptors (Lipinski definition) is 0. The molecular formula is C20H14Cl2Zr. The minimum absolute atomic E-state index is 0.826. The average Bonchev–Trinajstić information content (AvgIpc) is 3.06. The molecule has 0 bridgehead atoms. The quantitative estimate of drug-likeness (QED) is 0.285. The number of rotatable bonds is 0. The largest absolute Gasteiger partial charge is 0.168 e. The second-order valence-electron chi connectivity index (χ2n) is 4.59. The fourth-order valence-corrected chi connectivity index (χ4v) is 2.12. The van der Waals surface area contributed by atoms with Crippen molar-refractivity contribution in [2.75, 3.05) is 0 Å². The molecule has 0 saturated carbocycles. The van der Waals surface area contributed by atoms with Crippen LogP contribution in [0.15, 0.2) is 84.9 Å². The molecule has 4 aliphatic carbocycles. The molecule has 112 valence electrons. The van der Waals surface area contributed by atoms with E-state index in [1.54, 1.807) is 0 Å². The third-order valence-electron chi connectivity index (χ3n) is 3.15. The Morgan fingerprint density at radius 2 is 0.957 bits per heavy atom. The fourth-order valence-electron chi connectivity index (χ4n) is 2.12. The molecule has 0 N–H and O–H groups in total. The molecule has 0 aromatic rings. The van der Waals surface area contributed by atoms with Crippen LogP contribution in [-0.2, 0) is 20.8 Å². The monoisotopic (exact) mass is 414 g/mol. The Kier molecular flexibility index (Phi) is 8.39. The first kappa shape index (κ1) is 18.2. The zero-order chi connectivity index (χ0) is 16.3. The van der Waals surface area contributed by atoms with E-state index in [1.807, 2.05) is 48.5 Å². The summed E-state index contributed by atoms with van der Waals surface area (Å²) in [4.78, 5) is 0. The average molecular weight is 416 g/mol. The van der Waals surface area contributed by atoms with Crippen molar-refractivity contribution in [3.8, 4) is 22.3 Å². The molecule has 0 unspecified atom stereocenters. The summed E-state index contributed by atoms with van der Waals surface area (Å²) in [5.74, 6) is 0. The maximum Gasteiger partial charge on any atom is -0.0723 e. The van der Waals surface area contributed by atoms with Gasteiger partial charge in [-0.3, -0.25) is 0 Å². The third kappa shape index (κ3) is 6.11. The fraction of sp³-hybridized carbons (Fsp3) is 0. The topological polar surface area (TPSA) is 0 Å². The van der Waals surface area contributed by atoms with Gasteiger partial charge in [-0.05, 0) is 0 Å². The summed E-state index contributed by atoms with van der Waals surface area (Å²) in [6.07, 6.45) is 0. The van der Waals surface area contributed by atoms with Crippen molar-refractivity contribution >= 4 is 17.0 Å². The molecule has 0 radical (unpaired) electrons. The summed E-state index contributed by atoms with van der Waals surface area (Å²) in [7, 11) is 9.87. The Hall–Kier alpha value is -1.14. The molecule has 0 saturated heterocycles. The van der Waals surface area contributed by atoms with Gasteiger partial charge in [0.25, 0.3) is 0 Å². The van der Waals surface area contributed by atoms with Crippen molar-refractivity contribution in [2.24, 2.45) is 0 Å². The van der Waals surface area contributed by atoms with Crippen LogP contribution in [0, 0.1) is 12.1 Å². The van der Waals surface area contributed by atoms with Crippen molar-refractivity contribution in [2.45, 2.75) is 0 Å². The van der Waals surface area contributed by atoms with E-state index >= 15 is 0 Å². The molecule has 4 aliphatic rings. The summed E-state index contributed by atoms with van der Waals surface area (Å²) < 4.78 is 0. The SMILES string of the molecule is [Cl][Zr+2][Cl].[c-]1ccc2cccccc1-2.[c-]1ccc2cccccc1-2. The van der Waals surface area contributed by atoms with E-state index in [-0.39, 0.29) is 0 Å². The molecule has 4 rings (SSSR count). The van der Waals surface area contributed by atoms with E-state index in [2.05, 4.69) is 48.5 Å². The van der Waals surface area contributed by atoms with Crippen molar-refractivity contribution in [3.05, 3.63) is 97.1 Å². The van der Waals surface area contributed by atoms with Gasteiger partial charge in [0.1, 0.15) is 0 Å². The van der Waals surface area contributed by atoms with Gasteiger partial charge < -0.3 is 0 Å². The summed E-state index contributed by atoms with van der Waals surface area (Å²) in [5, 5.41) is 0. The number of hydrogen-bond donors (Lipinski definition) is 0. The van der Waals surface area contributed by atoms with Crippen LogP contribution in [0.25, 0.3) is 22.3 Å². The van der Waals surface area contributed by atoms with Crippen molar-refractivity contribution in [1.82, 2.24) is 0 Å². The van der Waals surface area contributed by atoms with Crippen LogP contribution in [0.1, 0.15) is 0 Å². The first-order valence-corrected chi connectivity index (χ1v) is 13.4. The molecule has 23 heavy (non-hydrogen) atoms. The van der Waals surface area contributed by atoms with Crippen molar-refractivity contribution in [1.29, 1.82) is 0 Å². The third-order valence-corrected chi connectivity index (χ3v) is 3.15. The van der Waals surface area contributed by atoms with Gasteiger partial charge in [0.15, 0.2) is 0 Å². The Balaban J connectivity index is 0.000000143. The Morgan fingerprint density at radius 3 is 1.39 bits per heavy atom. The van der Waals surface area contributed by atoms with Gasteiger partial charge in [-0.15, -0.1) is 59.7 Å². The van der Waals surface area contributed by atoms with E-state index < -0.39 is 20.8 Å². The molecule has 0 aromatic heterocycles. The summed E-state index contributed by atoms with van der Waals surface area (Å²) in [6, 6.07) is 34.8. The molecule has 0 nitrogen and oxygen atoms in total. The molecule has 0 amide bonds.